The Hall–Kier alpha value is -0.450. The summed E-state index contributed by atoms with van der Waals surface area (Å²) in [4.78, 5) is 2.17. The molecule has 0 atom stereocenters. The Morgan fingerprint density at radius 1 is 1.35 bits per heavy atom. The Morgan fingerprint density at radius 3 is 2.71 bits per heavy atom. The van der Waals surface area contributed by atoms with Crippen molar-refractivity contribution in [3.8, 4) is 0 Å². The Labute approximate surface area is 111 Å². The van der Waals surface area contributed by atoms with Gasteiger partial charge in [0.05, 0.1) is 6.61 Å². The van der Waals surface area contributed by atoms with Crippen molar-refractivity contribution in [3.05, 3.63) is 34.1 Å². The molecular weight excluding hydrogens is 285 g/mol. The van der Waals surface area contributed by atoms with Crippen LogP contribution in [0.1, 0.15) is 19.4 Å². The number of benzene rings is 1. The van der Waals surface area contributed by atoms with Crippen LogP contribution in [0.5, 0.6) is 0 Å². The van der Waals surface area contributed by atoms with Crippen LogP contribution < -0.4 is 0 Å². The summed E-state index contributed by atoms with van der Waals surface area (Å²) in [6, 6.07) is 5.20. The predicted octanol–water partition coefficient (Wildman–Crippen LogP) is 3.45. The zero-order valence-electron chi connectivity index (χ0n) is 10.4. The molecular formula is C13H19BrFNO. The number of likely N-dealkylation sites (N-methyl/N-ethyl adjacent to an activating group) is 1. The van der Waals surface area contributed by atoms with Gasteiger partial charge < -0.3 is 4.74 Å². The second-order valence-corrected chi connectivity index (χ2v) is 4.72. The van der Waals surface area contributed by atoms with Crippen molar-refractivity contribution in [2.24, 2.45) is 0 Å². The van der Waals surface area contributed by atoms with Crippen molar-refractivity contribution in [1.82, 2.24) is 4.90 Å². The number of halogens is 2. The Balaban J connectivity index is 2.54. The van der Waals surface area contributed by atoms with Crippen LogP contribution in [0.25, 0.3) is 0 Å². The van der Waals surface area contributed by atoms with Gasteiger partial charge in [0, 0.05) is 29.7 Å². The van der Waals surface area contributed by atoms with E-state index < -0.39 is 0 Å². The third-order valence-corrected chi connectivity index (χ3v) is 3.11. The highest BCUT2D eigenvalue weighted by atomic mass is 79.9. The first kappa shape index (κ1) is 14.6. The molecule has 0 aromatic heterocycles. The minimum Gasteiger partial charge on any atom is -0.380 e. The van der Waals surface area contributed by atoms with Gasteiger partial charge in [0.25, 0.3) is 0 Å². The summed E-state index contributed by atoms with van der Waals surface area (Å²) < 4.78 is 19.7. The van der Waals surface area contributed by atoms with Crippen molar-refractivity contribution in [2.75, 3.05) is 26.3 Å². The minimum atomic E-state index is -0.158. The van der Waals surface area contributed by atoms with Crippen molar-refractivity contribution in [3.63, 3.8) is 0 Å². The van der Waals surface area contributed by atoms with E-state index in [1.54, 1.807) is 0 Å². The monoisotopic (exact) mass is 303 g/mol. The van der Waals surface area contributed by atoms with Crippen LogP contribution in [-0.2, 0) is 11.3 Å². The van der Waals surface area contributed by atoms with Crippen molar-refractivity contribution in [1.29, 1.82) is 0 Å². The van der Waals surface area contributed by atoms with Gasteiger partial charge >= 0.3 is 0 Å². The molecule has 2 nitrogen and oxygen atoms in total. The van der Waals surface area contributed by atoms with Crippen LogP contribution in [0.3, 0.4) is 0 Å². The first-order valence-electron chi connectivity index (χ1n) is 5.91. The third kappa shape index (κ3) is 5.15. The lowest BCUT2D eigenvalue weighted by Gasteiger charge is -2.20. The Morgan fingerprint density at radius 2 is 2.12 bits per heavy atom. The number of ether oxygens (including phenoxy) is 1. The average molecular weight is 304 g/mol. The number of nitrogens with zero attached hydrogens (tertiary/aromatic N) is 1. The van der Waals surface area contributed by atoms with Crippen LogP contribution >= 0.6 is 15.9 Å². The highest BCUT2D eigenvalue weighted by Crippen LogP contribution is 2.16. The van der Waals surface area contributed by atoms with Gasteiger partial charge in [-0.25, -0.2) is 4.39 Å². The van der Waals surface area contributed by atoms with Crippen LogP contribution in [0.4, 0.5) is 4.39 Å². The fraction of sp³-hybridized carbons (Fsp3) is 0.538. The van der Waals surface area contributed by atoms with E-state index in [2.05, 4.69) is 27.8 Å². The Kier molecular flexibility index (Phi) is 6.70. The lowest BCUT2D eigenvalue weighted by Crippen LogP contribution is -2.27. The zero-order valence-corrected chi connectivity index (χ0v) is 12.0. The summed E-state index contributed by atoms with van der Waals surface area (Å²) in [5.74, 6) is -0.158. The van der Waals surface area contributed by atoms with Gasteiger partial charge in [-0.1, -0.05) is 28.9 Å². The first-order valence-corrected chi connectivity index (χ1v) is 6.70. The summed E-state index contributed by atoms with van der Waals surface area (Å²) in [7, 11) is 0. The van der Waals surface area contributed by atoms with Crippen LogP contribution in [0.2, 0.25) is 0 Å². The molecule has 96 valence electrons. The molecule has 0 N–H and O–H groups in total. The normalized spacial score (nSPS) is 11.1. The van der Waals surface area contributed by atoms with E-state index in [1.165, 1.54) is 6.07 Å². The second-order valence-electron chi connectivity index (χ2n) is 3.80. The SMILES string of the molecule is CCOCCN(CC)Cc1ccc(Br)cc1F. The lowest BCUT2D eigenvalue weighted by molar-refractivity contribution is 0.112. The highest BCUT2D eigenvalue weighted by Gasteiger charge is 2.08. The van der Waals surface area contributed by atoms with Gasteiger partial charge in [0.15, 0.2) is 0 Å². The maximum Gasteiger partial charge on any atom is 0.128 e. The molecule has 0 heterocycles. The van der Waals surface area contributed by atoms with Gasteiger partial charge in [-0.2, -0.15) is 0 Å². The molecule has 17 heavy (non-hydrogen) atoms. The van der Waals surface area contributed by atoms with Gasteiger partial charge in [0.1, 0.15) is 5.82 Å². The molecule has 0 saturated heterocycles. The van der Waals surface area contributed by atoms with E-state index >= 15 is 0 Å². The molecule has 0 aliphatic heterocycles. The van der Waals surface area contributed by atoms with E-state index in [0.29, 0.717) is 13.2 Å². The molecule has 0 aliphatic rings. The minimum absolute atomic E-state index is 0.158. The fourth-order valence-electron chi connectivity index (χ4n) is 1.58. The van der Waals surface area contributed by atoms with Crippen LogP contribution in [0, 0.1) is 5.82 Å². The van der Waals surface area contributed by atoms with Crippen LogP contribution in [-0.4, -0.2) is 31.2 Å². The molecule has 0 saturated carbocycles. The maximum atomic E-state index is 13.6. The fourth-order valence-corrected chi connectivity index (χ4v) is 1.91. The van der Waals surface area contributed by atoms with E-state index in [0.717, 1.165) is 29.7 Å². The van der Waals surface area contributed by atoms with Gasteiger partial charge in [0.2, 0.25) is 0 Å². The van der Waals surface area contributed by atoms with Crippen molar-refractivity contribution >= 4 is 15.9 Å². The molecule has 0 aliphatic carbocycles. The zero-order chi connectivity index (χ0) is 12.7. The molecule has 4 heteroatoms. The van der Waals surface area contributed by atoms with Gasteiger partial charge in [-0.15, -0.1) is 0 Å². The molecule has 0 radical (unpaired) electrons. The smallest absolute Gasteiger partial charge is 0.128 e. The summed E-state index contributed by atoms with van der Waals surface area (Å²) in [6.45, 7) is 7.82. The number of hydrogen-bond acceptors (Lipinski definition) is 2. The van der Waals surface area contributed by atoms with E-state index in [1.807, 2.05) is 19.1 Å². The highest BCUT2D eigenvalue weighted by molar-refractivity contribution is 9.10. The van der Waals surface area contributed by atoms with Gasteiger partial charge in [-0.3, -0.25) is 4.90 Å². The quantitative estimate of drug-likeness (QED) is 0.715. The first-order chi connectivity index (χ1) is 8.17. The molecule has 0 fully saturated rings. The maximum absolute atomic E-state index is 13.6. The van der Waals surface area contributed by atoms with E-state index in [-0.39, 0.29) is 5.82 Å². The molecule has 0 unspecified atom stereocenters. The summed E-state index contributed by atoms with van der Waals surface area (Å²) in [5, 5.41) is 0. The van der Waals surface area contributed by atoms with Crippen molar-refractivity contribution in [2.45, 2.75) is 20.4 Å². The average Bonchev–Trinajstić information content (AvgIpc) is 2.31. The molecule has 0 bridgehead atoms. The van der Waals surface area contributed by atoms with Crippen molar-refractivity contribution < 1.29 is 9.13 Å². The lowest BCUT2D eigenvalue weighted by atomic mass is 10.2. The summed E-state index contributed by atoms with van der Waals surface area (Å²) in [6.07, 6.45) is 0. The number of rotatable bonds is 7. The van der Waals surface area contributed by atoms with E-state index in [4.69, 9.17) is 4.74 Å². The molecule has 0 spiro atoms. The van der Waals surface area contributed by atoms with E-state index in [9.17, 15) is 4.39 Å². The van der Waals surface area contributed by atoms with Crippen LogP contribution in [0.15, 0.2) is 22.7 Å². The third-order valence-electron chi connectivity index (χ3n) is 2.61. The predicted molar refractivity (Wildman–Crippen MR) is 71.5 cm³/mol. The topological polar surface area (TPSA) is 12.5 Å². The summed E-state index contributed by atoms with van der Waals surface area (Å²) >= 11 is 3.26. The largest absolute Gasteiger partial charge is 0.380 e. The summed E-state index contributed by atoms with van der Waals surface area (Å²) in [5.41, 5.74) is 0.728. The second kappa shape index (κ2) is 7.80. The number of hydrogen-bond donors (Lipinski definition) is 0. The molecule has 1 aromatic rings. The van der Waals surface area contributed by atoms with Gasteiger partial charge in [-0.05, 0) is 25.6 Å². The standard InChI is InChI=1S/C13H19BrFNO/c1-3-16(7-8-17-4-2)10-11-5-6-12(14)9-13(11)15/h5-6,9H,3-4,7-8,10H2,1-2H3. The molecule has 0 amide bonds. The molecule has 1 aromatic carbocycles. The molecule has 1 rings (SSSR count). The Bertz CT molecular complexity index is 346.